The summed E-state index contributed by atoms with van der Waals surface area (Å²) in [5, 5.41) is 12.5. The molecule has 0 saturated heterocycles. The van der Waals surface area contributed by atoms with Crippen molar-refractivity contribution in [2.45, 2.75) is 0 Å². The largest absolute Gasteiger partial charge is 0.456 e. The van der Waals surface area contributed by atoms with E-state index in [9.17, 15) is 0 Å². The molecule has 2 heterocycles. The van der Waals surface area contributed by atoms with Gasteiger partial charge in [0.25, 0.3) is 0 Å². The van der Waals surface area contributed by atoms with E-state index in [0.717, 1.165) is 16.6 Å². The smallest absolute Gasteiger partial charge is 0.136 e. The lowest BCUT2D eigenvalue weighted by Crippen LogP contribution is -1.91. The lowest BCUT2D eigenvalue weighted by atomic mass is 9.85. The molecule has 0 amide bonds. The van der Waals surface area contributed by atoms with Crippen molar-refractivity contribution in [3.8, 4) is 33.4 Å². The Hall–Kier alpha value is -6.22. The van der Waals surface area contributed by atoms with Gasteiger partial charge in [-0.25, -0.2) is 0 Å². The van der Waals surface area contributed by atoms with Gasteiger partial charge in [-0.1, -0.05) is 133 Å². The van der Waals surface area contributed by atoms with Gasteiger partial charge in [-0.15, -0.1) is 11.3 Å². The quantitative estimate of drug-likeness (QED) is 0.173. The Morgan fingerprint density at radius 2 is 0.860 bits per heavy atom. The summed E-state index contributed by atoms with van der Waals surface area (Å²) >= 11 is 1.85. The van der Waals surface area contributed by atoms with E-state index in [-0.39, 0.29) is 0 Å². The molecule has 50 heavy (non-hydrogen) atoms. The van der Waals surface area contributed by atoms with Crippen LogP contribution >= 0.6 is 11.3 Å². The third-order valence-electron chi connectivity index (χ3n) is 10.4. The van der Waals surface area contributed by atoms with Gasteiger partial charge >= 0.3 is 0 Å². The van der Waals surface area contributed by atoms with Crippen LogP contribution in [-0.4, -0.2) is 0 Å². The summed E-state index contributed by atoms with van der Waals surface area (Å²) in [6.07, 6.45) is 0. The normalized spacial score (nSPS) is 12.0. The van der Waals surface area contributed by atoms with E-state index in [2.05, 4.69) is 170 Å². The maximum atomic E-state index is 6.40. The van der Waals surface area contributed by atoms with Crippen molar-refractivity contribution < 1.29 is 4.42 Å². The highest BCUT2D eigenvalue weighted by Gasteiger charge is 2.17. The molecule has 0 aliphatic heterocycles. The van der Waals surface area contributed by atoms with E-state index in [0.29, 0.717) is 0 Å². The summed E-state index contributed by atoms with van der Waals surface area (Å²) in [5.74, 6) is 0. The van der Waals surface area contributed by atoms with E-state index in [1.807, 2.05) is 11.3 Å². The summed E-state index contributed by atoms with van der Waals surface area (Å²) in [7, 11) is 0. The summed E-state index contributed by atoms with van der Waals surface area (Å²) in [6, 6.07) is 62.1. The highest BCUT2D eigenvalue weighted by molar-refractivity contribution is 7.25. The van der Waals surface area contributed by atoms with Gasteiger partial charge in [0.2, 0.25) is 0 Å². The molecule has 0 radical (unpaired) electrons. The third-order valence-corrected chi connectivity index (χ3v) is 11.6. The zero-order chi connectivity index (χ0) is 32.8. The van der Waals surface area contributed by atoms with Crippen LogP contribution in [-0.2, 0) is 0 Å². The second-order valence-corrected chi connectivity index (χ2v) is 14.3. The Bertz CT molecular complexity index is 3080. The topological polar surface area (TPSA) is 13.1 Å². The van der Waals surface area contributed by atoms with Crippen molar-refractivity contribution in [1.29, 1.82) is 0 Å². The lowest BCUT2D eigenvalue weighted by molar-refractivity contribution is 0.669. The van der Waals surface area contributed by atoms with Crippen molar-refractivity contribution >= 4 is 85.8 Å². The number of furan rings is 1. The Morgan fingerprint density at radius 1 is 0.300 bits per heavy atom. The monoisotopic (exact) mass is 652 g/mol. The Labute approximate surface area is 292 Å². The fourth-order valence-electron chi connectivity index (χ4n) is 8.10. The predicted octanol–water partition coefficient (Wildman–Crippen LogP) is 14.4. The van der Waals surface area contributed by atoms with Crippen LogP contribution in [0.5, 0.6) is 0 Å². The van der Waals surface area contributed by atoms with Crippen LogP contribution in [0.25, 0.3) is 108 Å². The predicted molar refractivity (Wildman–Crippen MR) is 215 cm³/mol. The van der Waals surface area contributed by atoms with Gasteiger partial charge in [-0.05, 0) is 102 Å². The summed E-state index contributed by atoms with van der Waals surface area (Å²) in [6.45, 7) is 0. The number of thiophene rings is 1. The van der Waals surface area contributed by atoms with Crippen molar-refractivity contribution in [3.63, 3.8) is 0 Å². The average Bonchev–Trinajstić information content (AvgIpc) is 3.72. The van der Waals surface area contributed by atoms with Crippen LogP contribution in [0.15, 0.2) is 174 Å². The number of hydrogen-bond acceptors (Lipinski definition) is 2. The molecular weight excluding hydrogens is 625 g/mol. The first-order valence-corrected chi connectivity index (χ1v) is 17.9. The van der Waals surface area contributed by atoms with Gasteiger partial charge < -0.3 is 4.42 Å². The van der Waals surface area contributed by atoms with Crippen molar-refractivity contribution in [1.82, 2.24) is 0 Å². The lowest BCUT2D eigenvalue weighted by Gasteiger charge is -2.18. The molecule has 11 rings (SSSR count). The zero-order valence-corrected chi connectivity index (χ0v) is 27.8. The summed E-state index contributed by atoms with van der Waals surface area (Å²) in [5.41, 5.74) is 9.26. The molecule has 0 fully saturated rings. The Balaban J connectivity index is 1.05. The summed E-state index contributed by atoms with van der Waals surface area (Å²) < 4.78 is 9.00. The Morgan fingerprint density at radius 3 is 1.60 bits per heavy atom. The SMILES string of the molecule is c1ccc2cc(-c3c4ccccc4c(-c4ccc(-c5ccc6oc7cc8c(cc7c6c5)sc5ccccc58)cc4)c4ccccc34)ccc2c1. The van der Waals surface area contributed by atoms with Gasteiger partial charge in [0.15, 0.2) is 0 Å². The molecule has 0 spiro atoms. The minimum absolute atomic E-state index is 0.923. The number of fused-ring (bicyclic) bond motifs is 9. The molecule has 0 saturated carbocycles. The molecule has 0 aliphatic carbocycles. The minimum Gasteiger partial charge on any atom is -0.456 e. The molecule has 0 aliphatic rings. The van der Waals surface area contributed by atoms with Gasteiger partial charge in [0, 0.05) is 30.9 Å². The molecule has 9 aromatic carbocycles. The van der Waals surface area contributed by atoms with E-state index < -0.39 is 0 Å². The molecule has 0 bridgehead atoms. The second kappa shape index (κ2) is 10.6. The first-order chi connectivity index (χ1) is 24.8. The molecule has 1 nitrogen and oxygen atoms in total. The fourth-order valence-corrected chi connectivity index (χ4v) is 9.23. The second-order valence-electron chi connectivity index (χ2n) is 13.2. The molecule has 2 heteroatoms. The molecule has 0 N–H and O–H groups in total. The van der Waals surface area contributed by atoms with Crippen LogP contribution in [0.1, 0.15) is 0 Å². The summed E-state index contributed by atoms with van der Waals surface area (Å²) in [4.78, 5) is 0. The number of benzene rings is 9. The van der Waals surface area contributed by atoms with Crippen LogP contribution in [0.3, 0.4) is 0 Å². The molecule has 2 aromatic heterocycles. The van der Waals surface area contributed by atoms with Crippen molar-refractivity contribution in [3.05, 3.63) is 170 Å². The Kier molecular flexibility index (Phi) is 5.89. The van der Waals surface area contributed by atoms with Crippen molar-refractivity contribution in [2.24, 2.45) is 0 Å². The van der Waals surface area contributed by atoms with Crippen LogP contribution in [0.2, 0.25) is 0 Å². The van der Waals surface area contributed by atoms with Crippen LogP contribution in [0.4, 0.5) is 0 Å². The number of hydrogen-bond donors (Lipinski definition) is 0. The van der Waals surface area contributed by atoms with Gasteiger partial charge in [-0.3, -0.25) is 0 Å². The van der Waals surface area contributed by atoms with E-state index in [4.69, 9.17) is 4.42 Å². The molecule has 11 aromatic rings. The molecule has 0 unspecified atom stereocenters. The van der Waals surface area contributed by atoms with Gasteiger partial charge in [-0.2, -0.15) is 0 Å². The standard InChI is InChI=1S/C48H28OS/c1-2-10-32-25-34(22-19-29(32)9-1)48-38-14-5-3-12-36(38)47(37-13-4-6-15-39(37)48)31-20-17-30(18-21-31)33-23-24-43-40(26-33)41-28-46-42(27-44(41)49-43)35-11-7-8-16-45(35)50-46/h1-28H. The van der Waals surface area contributed by atoms with E-state index >= 15 is 0 Å². The van der Waals surface area contributed by atoms with E-state index in [1.165, 1.54) is 91.3 Å². The van der Waals surface area contributed by atoms with Gasteiger partial charge in [0.1, 0.15) is 11.2 Å². The molecule has 0 atom stereocenters. The number of rotatable bonds is 3. The van der Waals surface area contributed by atoms with Crippen LogP contribution < -0.4 is 0 Å². The fraction of sp³-hybridized carbons (Fsp3) is 0. The van der Waals surface area contributed by atoms with Crippen LogP contribution in [0, 0.1) is 0 Å². The zero-order valence-electron chi connectivity index (χ0n) is 27.0. The average molecular weight is 653 g/mol. The minimum atomic E-state index is 0.923. The maximum Gasteiger partial charge on any atom is 0.136 e. The van der Waals surface area contributed by atoms with Gasteiger partial charge in [0.05, 0.1) is 0 Å². The third kappa shape index (κ3) is 4.13. The first-order valence-electron chi connectivity index (χ1n) is 17.1. The molecular formula is C48H28OS. The highest BCUT2D eigenvalue weighted by atomic mass is 32.1. The highest BCUT2D eigenvalue weighted by Crippen LogP contribution is 2.45. The maximum absolute atomic E-state index is 6.40. The molecule has 232 valence electrons. The van der Waals surface area contributed by atoms with E-state index in [1.54, 1.807) is 0 Å². The van der Waals surface area contributed by atoms with Crippen molar-refractivity contribution in [2.75, 3.05) is 0 Å². The first kappa shape index (κ1) is 27.7.